The van der Waals surface area contributed by atoms with Crippen LogP contribution in [0.1, 0.15) is 0 Å². The highest BCUT2D eigenvalue weighted by molar-refractivity contribution is 6.07. The summed E-state index contributed by atoms with van der Waals surface area (Å²) in [5.41, 5.74) is 12.9. The third-order valence-electron chi connectivity index (χ3n) is 9.63. The van der Waals surface area contributed by atoms with E-state index in [1.165, 1.54) is 0 Å². The Labute approximate surface area is 277 Å². The quantitative estimate of drug-likeness (QED) is 0.192. The summed E-state index contributed by atoms with van der Waals surface area (Å²) in [6, 6.07) is 55.2. The van der Waals surface area contributed by atoms with Crippen molar-refractivity contribution in [2.75, 3.05) is 19.6 Å². The molecule has 4 aliphatic heterocycles. The van der Waals surface area contributed by atoms with Crippen LogP contribution in [0.4, 0.5) is 68.2 Å². The zero-order chi connectivity index (χ0) is 31.3. The monoisotopic (exact) mass is 618 g/mol. The average Bonchev–Trinajstić information content (AvgIpc) is 3.15. The zero-order valence-electron chi connectivity index (χ0n) is 25.6. The van der Waals surface area contributed by atoms with Crippen molar-refractivity contribution in [1.29, 1.82) is 0 Å². The molecule has 0 saturated heterocycles. The predicted molar refractivity (Wildman–Crippen MR) is 192 cm³/mol. The summed E-state index contributed by atoms with van der Waals surface area (Å²) >= 11 is 0. The summed E-state index contributed by atoms with van der Waals surface area (Å²) in [4.78, 5) is 9.34. The maximum atomic E-state index is 6.45. The number of hydrogen-bond donors (Lipinski definition) is 0. The molecule has 0 fully saturated rings. The first-order valence-corrected chi connectivity index (χ1v) is 16.1. The molecule has 0 unspecified atom stereocenters. The Morgan fingerprint density at radius 3 is 0.979 bits per heavy atom. The fourth-order valence-corrected chi connectivity index (χ4v) is 7.68. The Balaban J connectivity index is 1.06. The summed E-state index contributed by atoms with van der Waals surface area (Å²) in [6.45, 7) is 0. The van der Waals surface area contributed by atoms with Crippen molar-refractivity contribution >= 4 is 68.2 Å². The predicted octanol–water partition coefficient (Wildman–Crippen LogP) is 12.4. The fraction of sp³-hybridized carbons (Fsp3) is 0. The minimum Gasteiger partial charge on any atom is -0.453 e. The van der Waals surface area contributed by atoms with Crippen molar-refractivity contribution in [3.8, 4) is 23.0 Å². The molecule has 0 saturated carbocycles. The first-order valence-electron chi connectivity index (χ1n) is 16.1. The van der Waals surface area contributed by atoms with Gasteiger partial charge in [0.25, 0.3) is 0 Å². The van der Waals surface area contributed by atoms with Crippen LogP contribution in [0, 0.1) is 0 Å². The minimum atomic E-state index is 0.842. The number of rotatable bonds is 2. The van der Waals surface area contributed by atoms with Gasteiger partial charge in [-0.15, -0.1) is 0 Å². The van der Waals surface area contributed by atoms with Gasteiger partial charge < -0.3 is 19.3 Å². The molecular formula is C42H26N4O2. The van der Waals surface area contributed by atoms with Gasteiger partial charge in [0.15, 0.2) is 23.0 Å². The molecule has 4 aliphatic rings. The molecule has 48 heavy (non-hydrogen) atoms. The van der Waals surface area contributed by atoms with Crippen molar-refractivity contribution in [2.24, 2.45) is 0 Å². The van der Waals surface area contributed by atoms with Gasteiger partial charge in [-0.2, -0.15) is 0 Å². The Morgan fingerprint density at radius 1 is 0.250 bits per heavy atom. The van der Waals surface area contributed by atoms with Crippen LogP contribution < -0.4 is 29.1 Å². The van der Waals surface area contributed by atoms with Crippen LogP contribution in [0.25, 0.3) is 0 Å². The van der Waals surface area contributed by atoms with E-state index >= 15 is 0 Å². The number of para-hydroxylation sites is 10. The number of fused-ring (bicyclic) bond motifs is 8. The molecule has 7 aromatic carbocycles. The molecule has 0 N–H and O–H groups in total. The first-order chi connectivity index (χ1) is 23.8. The van der Waals surface area contributed by atoms with Crippen molar-refractivity contribution < 1.29 is 9.47 Å². The van der Waals surface area contributed by atoms with E-state index in [1.807, 2.05) is 24.3 Å². The normalized spacial score (nSPS) is 14.0. The van der Waals surface area contributed by atoms with E-state index in [2.05, 4.69) is 153 Å². The number of nitrogens with zero attached hydrogens (tertiary/aromatic N) is 4. The van der Waals surface area contributed by atoms with Crippen LogP contribution in [-0.2, 0) is 0 Å². The smallest absolute Gasteiger partial charge is 0.153 e. The lowest BCUT2D eigenvalue weighted by Crippen LogP contribution is -2.27. The van der Waals surface area contributed by atoms with Crippen molar-refractivity contribution in [3.63, 3.8) is 0 Å². The van der Waals surface area contributed by atoms with Gasteiger partial charge in [-0.05, 0) is 97.1 Å². The summed E-state index contributed by atoms with van der Waals surface area (Å²) in [6.07, 6.45) is 0. The van der Waals surface area contributed by atoms with Crippen molar-refractivity contribution in [3.05, 3.63) is 158 Å². The molecule has 4 heterocycles. The third-order valence-corrected chi connectivity index (χ3v) is 9.63. The van der Waals surface area contributed by atoms with Crippen LogP contribution in [0.3, 0.4) is 0 Å². The Morgan fingerprint density at radius 2 is 0.562 bits per heavy atom. The SMILES string of the molecule is c1ccc2c(c1)Oc1cccc3c1N2c1ccccc1N3c1ccc(N2c3ccccc3N3c4ccccc4Oc4cccc2c43)cc1. The highest BCUT2D eigenvalue weighted by Crippen LogP contribution is 2.63. The molecule has 0 aromatic heterocycles. The molecule has 6 nitrogen and oxygen atoms in total. The fourth-order valence-electron chi connectivity index (χ4n) is 7.68. The maximum absolute atomic E-state index is 6.45. The molecule has 0 amide bonds. The number of benzene rings is 7. The van der Waals surface area contributed by atoms with Gasteiger partial charge in [-0.3, -0.25) is 9.80 Å². The largest absolute Gasteiger partial charge is 0.453 e. The lowest BCUT2D eigenvalue weighted by Gasteiger charge is -2.44. The highest BCUT2D eigenvalue weighted by Gasteiger charge is 2.38. The second-order valence-electron chi connectivity index (χ2n) is 12.2. The standard InChI is InChI=1S/C42H26N4O2/c1-3-13-31-29(11-1)43(35-17-9-21-39-41(35)45(31)33-15-5-7-19-37(33)47-39)27-23-25-28(26-24-27)44-30-12-2-4-14-32(30)46-34-16-6-8-20-38(34)48-40-22-10-18-36(44)42(40)46/h1-26H. The second kappa shape index (κ2) is 9.44. The molecule has 7 aromatic rings. The third kappa shape index (κ3) is 3.35. The van der Waals surface area contributed by atoms with E-state index < -0.39 is 0 Å². The summed E-state index contributed by atoms with van der Waals surface area (Å²) < 4.78 is 12.9. The Hall–Kier alpha value is -6.66. The number of hydrogen-bond acceptors (Lipinski definition) is 6. The van der Waals surface area contributed by atoms with Crippen molar-refractivity contribution in [2.45, 2.75) is 0 Å². The number of anilines is 12. The Bertz CT molecular complexity index is 2290. The molecule has 11 rings (SSSR count). The van der Waals surface area contributed by atoms with Crippen LogP contribution in [0.5, 0.6) is 23.0 Å². The van der Waals surface area contributed by atoms with E-state index in [0.29, 0.717) is 0 Å². The van der Waals surface area contributed by atoms with E-state index in [1.54, 1.807) is 0 Å². The lowest BCUT2D eigenvalue weighted by molar-refractivity contribution is 0.476. The summed E-state index contributed by atoms with van der Waals surface area (Å²) in [7, 11) is 0. The topological polar surface area (TPSA) is 31.4 Å². The molecule has 0 atom stereocenters. The minimum absolute atomic E-state index is 0.842. The molecule has 0 radical (unpaired) electrons. The summed E-state index contributed by atoms with van der Waals surface area (Å²) in [5.74, 6) is 3.39. The van der Waals surface area contributed by atoms with Crippen LogP contribution in [0.2, 0.25) is 0 Å². The zero-order valence-corrected chi connectivity index (χ0v) is 25.6. The van der Waals surface area contributed by atoms with Gasteiger partial charge in [0.05, 0.1) is 45.5 Å². The van der Waals surface area contributed by atoms with Crippen LogP contribution in [0.15, 0.2) is 158 Å². The highest BCUT2D eigenvalue weighted by atomic mass is 16.5. The number of ether oxygens (including phenoxy) is 2. The second-order valence-corrected chi connectivity index (χ2v) is 12.2. The molecule has 226 valence electrons. The van der Waals surface area contributed by atoms with Crippen molar-refractivity contribution in [1.82, 2.24) is 0 Å². The van der Waals surface area contributed by atoms with Gasteiger partial charge in [0.1, 0.15) is 11.4 Å². The summed E-state index contributed by atoms with van der Waals surface area (Å²) in [5, 5.41) is 0. The first kappa shape index (κ1) is 25.5. The molecule has 0 bridgehead atoms. The van der Waals surface area contributed by atoms with Gasteiger partial charge >= 0.3 is 0 Å². The maximum Gasteiger partial charge on any atom is 0.153 e. The van der Waals surface area contributed by atoms with Gasteiger partial charge in [0.2, 0.25) is 0 Å². The molecule has 6 heteroatoms. The van der Waals surface area contributed by atoms with Crippen LogP contribution >= 0.6 is 0 Å². The van der Waals surface area contributed by atoms with Gasteiger partial charge in [0, 0.05) is 11.4 Å². The van der Waals surface area contributed by atoms with E-state index in [4.69, 9.17) is 9.47 Å². The Kier molecular flexibility index (Phi) is 5.02. The molecule has 0 aliphatic carbocycles. The molecule has 0 spiro atoms. The van der Waals surface area contributed by atoms with E-state index in [-0.39, 0.29) is 0 Å². The van der Waals surface area contributed by atoms with Crippen LogP contribution in [-0.4, -0.2) is 0 Å². The van der Waals surface area contributed by atoms with Gasteiger partial charge in [-0.1, -0.05) is 60.7 Å². The lowest BCUT2D eigenvalue weighted by atomic mass is 10.0. The van der Waals surface area contributed by atoms with E-state index in [9.17, 15) is 0 Å². The van der Waals surface area contributed by atoms with Gasteiger partial charge in [-0.25, -0.2) is 0 Å². The average molecular weight is 619 g/mol. The van der Waals surface area contributed by atoms with E-state index in [0.717, 1.165) is 91.2 Å². The molecular weight excluding hydrogens is 592 g/mol.